The molecule has 1 aromatic rings. The number of nitrogens with zero attached hydrogens (tertiary/aromatic N) is 3. The molecule has 1 aliphatic heterocycles. The Hall–Kier alpha value is -1.11. The highest BCUT2D eigenvalue weighted by Crippen LogP contribution is 2.51. The number of ether oxygens (including phenoxy) is 1. The molecule has 0 bridgehead atoms. The van der Waals surface area contributed by atoms with Gasteiger partial charge < -0.3 is 15.0 Å². The van der Waals surface area contributed by atoms with Crippen LogP contribution in [0.5, 0.6) is 0 Å². The first-order valence-electron chi connectivity index (χ1n) is 9.63. The first kappa shape index (κ1) is 21.2. The summed E-state index contributed by atoms with van der Waals surface area (Å²) in [6.45, 7) is 6.40. The highest BCUT2D eigenvalue weighted by molar-refractivity contribution is 5.92. The lowest BCUT2D eigenvalue weighted by Crippen LogP contribution is -2.64. The summed E-state index contributed by atoms with van der Waals surface area (Å²) >= 11 is 0. The van der Waals surface area contributed by atoms with E-state index in [4.69, 9.17) is 4.74 Å². The Balaban J connectivity index is 0.00000243. The third kappa shape index (κ3) is 3.51. The summed E-state index contributed by atoms with van der Waals surface area (Å²) in [7, 11) is 3.70. The van der Waals surface area contributed by atoms with E-state index < -0.39 is 0 Å². The summed E-state index contributed by atoms with van der Waals surface area (Å²) in [5, 5.41) is 7.99. The van der Waals surface area contributed by atoms with Crippen LogP contribution in [-0.4, -0.2) is 60.0 Å². The van der Waals surface area contributed by atoms with Gasteiger partial charge in [0.05, 0.1) is 12.1 Å². The first-order chi connectivity index (χ1) is 12.1. The average Bonchev–Trinajstić information content (AvgIpc) is 3.12. The summed E-state index contributed by atoms with van der Waals surface area (Å²) < 4.78 is 7.63. The van der Waals surface area contributed by atoms with E-state index in [-0.39, 0.29) is 35.9 Å². The normalized spacial score (nSPS) is 27.3. The highest BCUT2D eigenvalue weighted by atomic mass is 35.5. The summed E-state index contributed by atoms with van der Waals surface area (Å²) in [6.07, 6.45) is 7.42. The molecule has 1 N–H and O–H groups in total. The predicted octanol–water partition coefficient (Wildman–Crippen LogP) is 2.90. The molecule has 148 valence electrons. The first-order valence-corrected chi connectivity index (χ1v) is 9.63. The number of piperidine rings is 1. The van der Waals surface area contributed by atoms with Crippen LogP contribution in [-0.2, 0) is 4.74 Å². The SMILES string of the molecule is CCC1(CC)C(OC)CC1N(C)C(=O)c1ccn(C2CCCNC2)n1.Cl. The molecule has 3 rings (SSSR count). The van der Waals surface area contributed by atoms with Gasteiger partial charge in [-0.15, -0.1) is 12.4 Å². The van der Waals surface area contributed by atoms with Crippen molar-refractivity contribution in [3.05, 3.63) is 18.0 Å². The molecule has 7 heteroatoms. The van der Waals surface area contributed by atoms with Crippen LogP contribution in [0.25, 0.3) is 0 Å². The Morgan fingerprint density at radius 1 is 1.46 bits per heavy atom. The highest BCUT2D eigenvalue weighted by Gasteiger charge is 2.55. The summed E-state index contributed by atoms with van der Waals surface area (Å²) in [5.74, 6) is 0.0216. The number of methoxy groups -OCH3 is 1. The molecule has 2 fully saturated rings. The molecular weight excluding hydrogens is 352 g/mol. The Labute approximate surface area is 163 Å². The van der Waals surface area contributed by atoms with E-state index in [2.05, 4.69) is 24.3 Å². The smallest absolute Gasteiger partial charge is 0.274 e. The van der Waals surface area contributed by atoms with Crippen molar-refractivity contribution in [2.45, 2.75) is 64.1 Å². The van der Waals surface area contributed by atoms with Crippen LogP contribution in [0.1, 0.15) is 62.5 Å². The number of hydrogen-bond donors (Lipinski definition) is 1. The minimum atomic E-state index is 0. The lowest BCUT2D eigenvalue weighted by molar-refractivity contribution is -0.147. The van der Waals surface area contributed by atoms with E-state index in [1.54, 1.807) is 7.11 Å². The van der Waals surface area contributed by atoms with Gasteiger partial charge in [-0.3, -0.25) is 9.48 Å². The van der Waals surface area contributed by atoms with E-state index in [1.165, 1.54) is 0 Å². The lowest BCUT2D eigenvalue weighted by Gasteiger charge is -2.57. The Bertz CT molecular complexity index is 596. The fourth-order valence-electron chi connectivity index (χ4n) is 4.81. The van der Waals surface area contributed by atoms with Gasteiger partial charge >= 0.3 is 0 Å². The topological polar surface area (TPSA) is 59.4 Å². The van der Waals surface area contributed by atoms with Gasteiger partial charge in [0.25, 0.3) is 5.91 Å². The number of carbonyl (C=O) groups is 1. The fourth-order valence-corrected chi connectivity index (χ4v) is 4.81. The van der Waals surface area contributed by atoms with E-state index in [0.29, 0.717) is 11.7 Å². The minimum Gasteiger partial charge on any atom is -0.381 e. The van der Waals surface area contributed by atoms with Crippen molar-refractivity contribution in [1.29, 1.82) is 0 Å². The van der Waals surface area contributed by atoms with Gasteiger partial charge in [0.1, 0.15) is 5.69 Å². The molecule has 3 atom stereocenters. The number of nitrogens with one attached hydrogen (secondary N) is 1. The predicted molar refractivity (Wildman–Crippen MR) is 105 cm³/mol. The van der Waals surface area contributed by atoms with Gasteiger partial charge in [0, 0.05) is 38.4 Å². The molecule has 2 aliphatic rings. The van der Waals surface area contributed by atoms with Crippen LogP contribution in [0.3, 0.4) is 0 Å². The summed E-state index contributed by atoms with van der Waals surface area (Å²) in [6, 6.07) is 2.44. The van der Waals surface area contributed by atoms with Gasteiger partial charge in [-0.1, -0.05) is 13.8 Å². The fraction of sp³-hybridized carbons (Fsp3) is 0.789. The summed E-state index contributed by atoms with van der Waals surface area (Å²) in [5.41, 5.74) is 0.615. The van der Waals surface area contributed by atoms with E-state index in [1.807, 2.05) is 28.9 Å². The molecule has 3 unspecified atom stereocenters. The molecule has 6 nitrogen and oxygen atoms in total. The number of carbonyl (C=O) groups excluding carboxylic acids is 1. The molecule has 0 spiro atoms. The van der Waals surface area contributed by atoms with Crippen LogP contribution in [0, 0.1) is 5.41 Å². The molecule has 1 aromatic heterocycles. The maximum atomic E-state index is 13.0. The van der Waals surface area contributed by atoms with Crippen molar-refractivity contribution in [1.82, 2.24) is 20.0 Å². The molecule has 2 heterocycles. The van der Waals surface area contributed by atoms with Crippen LogP contribution >= 0.6 is 12.4 Å². The van der Waals surface area contributed by atoms with Crippen molar-refractivity contribution in [3.63, 3.8) is 0 Å². The average molecular weight is 385 g/mol. The van der Waals surface area contributed by atoms with Gasteiger partial charge in [-0.05, 0) is 44.7 Å². The second-order valence-electron chi connectivity index (χ2n) is 7.51. The Morgan fingerprint density at radius 2 is 2.19 bits per heavy atom. The second kappa shape index (κ2) is 8.72. The zero-order valence-electron chi connectivity index (χ0n) is 16.4. The maximum Gasteiger partial charge on any atom is 0.274 e. The van der Waals surface area contributed by atoms with Crippen LogP contribution in [0.2, 0.25) is 0 Å². The third-order valence-electron chi connectivity index (χ3n) is 6.60. The van der Waals surface area contributed by atoms with Crippen LogP contribution < -0.4 is 5.32 Å². The quantitative estimate of drug-likeness (QED) is 0.819. The van der Waals surface area contributed by atoms with Crippen molar-refractivity contribution in [2.75, 3.05) is 27.2 Å². The Kier molecular flexibility index (Phi) is 7.11. The molecule has 1 saturated carbocycles. The molecule has 0 radical (unpaired) electrons. The maximum absolute atomic E-state index is 13.0. The second-order valence-corrected chi connectivity index (χ2v) is 7.51. The number of hydrogen-bond acceptors (Lipinski definition) is 4. The van der Waals surface area contributed by atoms with Crippen molar-refractivity contribution < 1.29 is 9.53 Å². The van der Waals surface area contributed by atoms with Crippen molar-refractivity contribution in [2.24, 2.45) is 5.41 Å². The standard InChI is InChI=1S/C19H32N4O2.ClH/c1-5-19(6-2)16(12-17(19)25-4)22(3)18(24)15-9-11-23(21-15)14-8-7-10-20-13-14;/h9,11,14,16-17,20H,5-8,10,12-13H2,1-4H3;1H. The van der Waals surface area contributed by atoms with E-state index in [9.17, 15) is 4.79 Å². The molecule has 1 amide bonds. The zero-order valence-corrected chi connectivity index (χ0v) is 17.2. The van der Waals surface area contributed by atoms with Gasteiger partial charge in [-0.2, -0.15) is 5.10 Å². The molecule has 0 aromatic carbocycles. The lowest BCUT2D eigenvalue weighted by atomic mass is 9.58. The van der Waals surface area contributed by atoms with Gasteiger partial charge in [-0.25, -0.2) is 0 Å². The number of amides is 1. The number of rotatable bonds is 6. The minimum absolute atomic E-state index is 0. The summed E-state index contributed by atoms with van der Waals surface area (Å²) in [4.78, 5) is 14.9. The molecular formula is C19H33ClN4O2. The Morgan fingerprint density at radius 3 is 2.77 bits per heavy atom. The molecule has 26 heavy (non-hydrogen) atoms. The van der Waals surface area contributed by atoms with Crippen molar-refractivity contribution >= 4 is 18.3 Å². The largest absolute Gasteiger partial charge is 0.381 e. The monoisotopic (exact) mass is 384 g/mol. The molecule has 1 aliphatic carbocycles. The zero-order chi connectivity index (χ0) is 18.0. The van der Waals surface area contributed by atoms with E-state index in [0.717, 1.165) is 45.2 Å². The van der Waals surface area contributed by atoms with Crippen LogP contribution in [0.15, 0.2) is 12.3 Å². The third-order valence-corrected chi connectivity index (χ3v) is 6.60. The van der Waals surface area contributed by atoms with E-state index >= 15 is 0 Å². The number of aromatic nitrogens is 2. The number of halogens is 1. The van der Waals surface area contributed by atoms with Crippen molar-refractivity contribution in [3.8, 4) is 0 Å². The molecule has 1 saturated heterocycles. The van der Waals surface area contributed by atoms with Crippen LogP contribution in [0.4, 0.5) is 0 Å². The van der Waals surface area contributed by atoms with Gasteiger partial charge in [0.15, 0.2) is 0 Å². The van der Waals surface area contributed by atoms with Gasteiger partial charge in [0.2, 0.25) is 0 Å².